The van der Waals surface area contributed by atoms with Crippen molar-refractivity contribution in [2.75, 3.05) is 0 Å². The average Bonchev–Trinajstić information content (AvgIpc) is 2.41. The van der Waals surface area contributed by atoms with Crippen LogP contribution in [0.4, 0.5) is 0 Å². The van der Waals surface area contributed by atoms with Gasteiger partial charge in [0.05, 0.1) is 10.6 Å². The maximum Gasteiger partial charge on any atom is 0.340 e. The summed E-state index contributed by atoms with van der Waals surface area (Å²) in [5.74, 6) is -0.337. The molecule has 1 heterocycles. The van der Waals surface area contributed by atoms with E-state index in [9.17, 15) is 4.79 Å². The van der Waals surface area contributed by atoms with Gasteiger partial charge in [0.25, 0.3) is 0 Å². The second-order valence-electron chi connectivity index (χ2n) is 2.47. The third-order valence-electron chi connectivity index (χ3n) is 1.74. The number of carbonyl (C=O) groups excluding carboxylic acids is 1. The molecule has 62 valence electrons. The summed E-state index contributed by atoms with van der Waals surface area (Å²) in [7, 11) is 0. The minimum Gasteiger partial charge on any atom is -0.457 e. The molecule has 0 unspecified atom stereocenters. The molecule has 0 fully saturated rings. The molecule has 0 radical (unpaired) electrons. The Balaban J connectivity index is 2.71. The fourth-order valence-corrected chi connectivity index (χ4v) is 1.74. The van der Waals surface area contributed by atoms with E-state index in [0.717, 1.165) is 10.0 Å². The van der Waals surface area contributed by atoms with E-state index in [-0.39, 0.29) is 5.97 Å². The van der Waals surface area contributed by atoms with E-state index in [1.165, 1.54) is 0 Å². The Morgan fingerprint density at radius 3 is 3.00 bits per heavy atom. The third kappa shape index (κ3) is 1.04. The van der Waals surface area contributed by atoms with Gasteiger partial charge in [0, 0.05) is 10.0 Å². The van der Waals surface area contributed by atoms with Crippen LogP contribution in [0.15, 0.2) is 16.6 Å². The second-order valence-corrected chi connectivity index (χ2v) is 3.70. The van der Waals surface area contributed by atoms with Crippen LogP contribution in [0.3, 0.4) is 0 Å². The molecule has 0 saturated heterocycles. The van der Waals surface area contributed by atoms with Gasteiger partial charge in [-0.15, -0.1) is 0 Å². The van der Waals surface area contributed by atoms with Crippen molar-refractivity contribution < 1.29 is 9.53 Å². The van der Waals surface area contributed by atoms with E-state index in [2.05, 4.69) is 15.9 Å². The fourth-order valence-electron chi connectivity index (χ4n) is 1.15. The summed E-state index contributed by atoms with van der Waals surface area (Å²) in [5, 5.41) is 0.440. The van der Waals surface area contributed by atoms with E-state index in [1.54, 1.807) is 0 Å². The van der Waals surface area contributed by atoms with Crippen LogP contribution in [0, 0.1) is 0 Å². The molecular formula is C8H4BrClO2. The summed E-state index contributed by atoms with van der Waals surface area (Å²) in [6.07, 6.45) is 0. The standard InChI is InChI=1S/C8H4BrClO2/c9-5-2-1-4-3-12-8(11)6(4)7(5)10/h1-2H,3H2. The zero-order chi connectivity index (χ0) is 8.72. The fraction of sp³-hybridized carbons (Fsp3) is 0.125. The maximum absolute atomic E-state index is 11.1. The van der Waals surface area contributed by atoms with Crippen molar-refractivity contribution in [2.24, 2.45) is 0 Å². The number of hydrogen-bond donors (Lipinski definition) is 0. The van der Waals surface area contributed by atoms with E-state index in [0.29, 0.717) is 17.2 Å². The lowest BCUT2D eigenvalue weighted by Crippen LogP contribution is -1.94. The number of ether oxygens (including phenoxy) is 1. The van der Waals surface area contributed by atoms with Crippen molar-refractivity contribution in [3.63, 3.8) is 0 Å². The van der Waals surface area contributed by atoms with Crippen LogP contribution in [0.25, 0.3) is 0 Å². The molecule has 0 bridgehead atoms. The van der Waals surface area contributed by atoms with E-state index in [4.69, 9.17) is 16.3 Å². The Labute approximate surface area is 82.6 Å². The molecule has 0 atom stereocenters. The lowest BCUT2D eigenvalue weighted by atomic mass is 10.1. The van der Waals surface area contributed by atoms with Crippen LogP contribution in [0.2, 0.25) is 5.02 Å². The molecule has 2 nitrogen and oxygen atoms in total. The molecule has 12 heavy (non-hydrogen) atoms. The van der Waals surface area contributed by atoms with Crippen LogP contribution in [-0.2, 0) is 11.3 Å². The minimum atomic E-state index is -0.337. The molecule has 0 spiro atoms. The highest BCUT2D eigenvalue weighted by atomic mass is 79.9. The first kappa shape index (κ1) is 8.08. The molecule has 1 aromatic carbocycles. The van der Waals surface area contributed by atoms with E-state index in [1.807, 2.05) is 12.1 Å². The number of carbonyl (C=O) groups is 1. The SMILES string of the molecule is O=C1OCc2ccc(Br)c(Cl)c21. The van der Waals surface area contributed by atoms with E-state index < -0.39 is 0 Å². The van der Waals surface area contributed by atoms with Gasteiger partial charge in [-0.3, -0.25) is 0 Å². The number of esters is 1. The number of rotatable bonds is 0. The van der Waals surface area contributed by atoms with Gasteiger partial charge in [-0.25, -0.2) is 4.79 Å². The summed E-state index contributed by atoms with van der Waals surface area (Å²) in [6.45, 7) is 0.334. The van der Waals surface area contributed by atoms with Gasteiger partial charge in [0.2, 0.25) is 0 Å². The van der Waals surface area contributed by atoms with Gasteiger partial charge < -0.3 is 4.74 Å². The van der Waals surface area contributed by atoms with Crippen molar-refractivity contribution in [1.82, 2.24) is 0 Å². The second kappa shape index (κ2) is 2.75. The van der Waals surface area contributed by atoms with Crippen LogP contribution >= 0.6 is 27.5 Å². The minimum absolute atomic E-state index is 0.334. The zero-order valence-corrected chi connectivity index (χ0v) is 8.28. The quantitative estimate of drug-likeness (QED) is 0.659. The molecule has 1 aromatic rings. The smallest absolute Gasteiger partial charge is 0.340 e. The zero-order valence-electron chi connectivity index (χ0n) is 5.93. The van der Waals surface area contributed by atoms with Gasteiger partial charge in [-0.1, -0.05) is 17.7 Å². The van der Waals surface area contributed by atoms with Gasteiger partial charge >= 0.3 is 5.97 Å². The molecule has 0 saturated carbocycles. The van der Waals surface area contributed by atoms with Crippen LogP contribution in [0.1, 0.15) is 15.9 Å². The third-order valence-corrected chi connectivity index (χ3v) is 3.03. The number of fused-ring (bicyclic) bond motifs is 1. The lowest BCUT2D eigenvalue weighted by molar-refractivity contribution is 0.0535. The highest BCUT2D eigenvalue weighted by Crippen LogP contribution is 2.32. The highest BCUT2D eigenvalue weighted by molar-refractivity contribution is 9.10. The maximum atomic E-state index is 11.1. The van der Waals surface area contributed by atoms with Gasteiger partial charge in [-0.05, 0) is 22.0 Å². The number of hydrogen-bond acceptors (Lipinski definition) is 2. The van der Waals surface area contributed by atoms with Crippen LogP contribution in [0.5, 0.6) is 0 Å². The Kier molecular flexibility index (Phi) is 1.85. The predicted molar refractivity (Wildman–Crippen MR) is 48.3 cm³/mol. The molecule has 1 aliphatic rings. The molecule has 0 N–H and O–H groups in total. The first-order chi connectivity index (χ1) is 5.70. The first-order valence-electron chi connectivity index (χ1n) is 3.34. The van der Waals surface area contributed by atoms with Gasteiger partial charge in [0.15, 0.2) is 0 Å². The molecule has 2 rings (SSSR count). The van der Waals surface area contributed by atoms with Gasteiger partial charge in [-0.2, -0.15) is 0 Å². The molecule has 0 aliphatic carbocycles. The molecule has 4 heteroatoms. The highest BCUT2D eigenvalue weighted by Gasteiger charge is 2.25. The number of cyclic esters (lactones) is 1. The predicted octanol–water partition coefficient (Wildman–Crippen LogP) is 2.77. The number of halogens is 2. The molecular weight excluding hydrogens is 243 g/mol. The summed E-state index contributed by atoms with van der Waals surface area (Å²) >= 11 is 9.12. The Hall–Kier alpha value is -0.540. The Bertz CT molecular complexity index is 362. The summed E-state index contributed by atoms with van der Waals surface area (Å²) in [6, 6.07) is 3.64. The number of benzene rings is 1. The molecule has 0 aromatic heterocycles. The van der Waals surface area contributed by atoms with Crippen molar-refractivity contribution in [2.45, 2.75) is 6.61 Å². The summed E-state index contributed by atoms with van der Waals surface area (Å²) in [5.41, 5.74) is 1.35. The van der Waals surface area contributed by atoms with Crippen molar-refractivity contribution in [3.8, 4) is 0 Å². The molecule has 1 aliphatic heterocycles. The Morgan fingerprint density at radius 2 is 2.25 bits per heavy atom. The normalized spacial score (nSPS) is 14.3. The van der Waals surface area contributed by atoms with Gasteiger partial charge in [0.1, 0.15) is 6.61 Å². The molecule has 0 amide bonds. The Morgan fingerprint density at radius 1 is 1.50 bits per heavy atom. The van der Waals surface area contributed by atoms with Crippen molar-refractivity contribution in [3.05, 3.63) is 32.8 Å². The lowest BCUT2D eigenvalue weighted by Gasteiger charge is -1.98. The summed E-state index contributed by atoms with van der Waals surface area (Å²) < 4.78 is 5.54. The largest absolute Gasteiger partial charge is 0.457 e. The summed E-state index contributed by atoms with van der Waals surface area (Å²) in [4.78, 5) is 11.1. The average molecular weight is 247 g/mol. The van der Waals surface area contributed by atoms with Crippen molar-refractivity contribution in [1.29, 1.82) is 0 Å². The van der Waals surface area contributed by atoms with Crippen molar-refractivity contribution >= 4 is 33.5 Å². The van der Waals surface area contributed by atoms with E-state index >= 15 is 0 Å². The monoisotopic (exact) mass is 246 g/mol. The topological polar surface area (TPSA) is 26.3 Å². The first-order valence-corrected chi connectivity index (χ1v) is 4.51. The van der Waals surface area contributed by atoms with Crippen LogP contribution < -0.4 is 0 Å². The van der Waals surface area contributed by atoms with Crippen LogP contribution in [-0.4, -0.2) is 5.97 Å².